The van der Waals surface area contributed by atoms with E-state index in [1.807, 2.05) is 31.1 Å². The molecule has 1 aliphatic rings. The van der Waals surface area contributed by atoms with Crippen molar-refractivity contribution < 1.29 is 9.53 Å². The number of ketones is 1. The lowest BCUT2D eigenvalue weighted by Crippen LogP contribution is -2.11. The van der Waals surface area contributed by atoms with Gasteiger partial charge in [-0.15, -0.1) is 0 Å². The fraction of sp³-hybridized carbons (Fsp3) is 0.500. The molecule has 3 heteroatoms. The van der Waals surface area contributed by atoms with Crippen LogP contribution in [0, 0.1) is 0 Å². The molecule has 1 fully saturated rings. The average molecular weight is 287 g/mol. The topological polar surface area (TPSA) is 29.5 Å². The lowest BCUT2D eigenvalue weighted by Gasteiger charge is -2.22. The second kappa shape index (κ2) is 7.30. The molecule has 3 nitrogen and oxygen atoms in total. The highest BCUT2D eigenvalue weighted by Crippen LogP contribution is 2.33. The molecule has 0 atom stereocenters. The van der Waals surface area contributed by atoms with Crippen molar-refractivity contribution in [2.24, 2.45) is 0 Å². The van der Waals surface area contributed by atoms with E-state index < -0.39 is 0 Å². The van der Waals surface area contributed by atoms with Gasteiger partial charge < -0.3 is 9.64 Å². The average Bonchev–Trinajstić information content (AvgIpc) is 2.48. The molecule has 0 bridgehead atoms. The molecule has 1 aromatic carbocycles. The SMILES string of the molecule is CC(=O)C(=CN(C)C)Oc1ccc(C2CCCCC2)cc1. The van der Waals surface area contributed by atoms with Crippen LogP contribution >= 0.6 is 0 Å². The van der Waals surface area contributed by atoms with Crippen molar-refractivity contribution >= 4 is 5.78 Å². The Morgan fingerprint density at radius 2 is 1.76 bits per heavy atom. The van der Waals surface area contributed by atoms with E-state index in [0.29, 0.717) is 11.7 Å². The third kappa shape index (κ3) is 4.62. The van der Waals surface area contributed by atoms with Gasteiger partial charge in [0.2, 0.25) is 0 Å². The smallest absolute Gasteiger partial charge is 0.196 e. The molecule has 1 aromatic rings. The van der Waals surface area contributed by atoms with Crippen molar-refractivity contribution in [2.45, 2.75) is 44.9 Å². The number of hydrogen-bond donors (Lipinski definition) is 0. The Morgan fingerprint density at radius 3 is 2.29 bits per heavy atom. The van der Waals surface area contributed by atoms with Crippen molar-refractivity contribution in [3.05, 3.63) is 41.8 Å². The predicted molar refractivity (Wildman–Crippen MR) is 85.3 cm³/mol. The van der Waals surface area contributed by atoms with Crippen LogP contribution in [0.5, 0.6) is 5.75 Å². The second-order valence-corrected chi connectivity index (χ2v) is 6.02. The first kappa shape index (κ1) is 15.6. The van der Waals surface area contributed by atoms with E-state index in [0.717, 1.165) is 5.75 Å². The maximum Gasteiger partial charge on any atom is 0.196 e. The van der Waals surface area contributed by atoms with Gasteiger partial charge in [0.15, 0.2) is 11.5 Å². The Hall–Kier alpha value is -1.77. The van der Waals surface area contributed by atoms with Crippen molar-refractivity contribution in [3.8, 4) is 5.75 Å². The highest BCUT2D eigenvalue weighted by molar-refractivity contribution is 5.91. The van der Waals surface area contributed by atoms with Crippen molar-refractivity contribution in [1.29, 1.82) is 0 Å². The van der Waals surface area contributed by atoms with Crippen LogP contribution in [0.1, 0.15) is 50.5 Å². The molecule has 0 saturated heterocycles. The fourth-order valence-corrected chi connectivity index (χ4v) is 2.79. The Balaban J connectivity index is 2.06. The molecule has 21 heavy (non-hydrogen) atoms. The maximum atomic E-state index is 11.6. The van der Waals surface area contributed by atoms with Crippen molar-refractivity contribution in [2.75, 3.05) is 14.1 Å². The van der Waals surface area contributed by atoms with Gasteiger partial charge >= 0.3 is 0 Å². The van der Waals surface area contributed by atoms with E-state index in [2.05, 4.69) is 12.1 Å². The van der Waals surface area contributed by atoms with Gasteiger partial charge in [-0.1, -0.05) is 31.4 Å². The molecule has 1 saturated carbocycles. The van der Waals surface area contributed by atoms with Crippen LogP contribution in [0.2, 0.25) is 0 Å². The van der Waals surface area contributed by atoms with Gasteiger partial charge in [-0.2, -0.15) is 0 Å². The quantitative estimate of drug-likeness (QED) is 0.603. The third-order valence-electron chi connectivity index (χ3n) is 3.91. The molecule has 114 valence electrons. The van der Waals surface area contributed by atoms with Crippen molar-refractivity contribution in [1.82, 2.24) is 4.90 Å². The molecule has 0 unspecified atom stereocenters. The standard InChI is InChI=1S/C18H25NO2/c1-14(20)18(13-19(2)3)21-17-11-9-16(10-12-17)15-7-5-4-6-8-15/h9-13,15H,4-8H2,1-3H3. The van der Waals surface area contributed by atoms with E-state index in [9.17, 15) is 4.79 Å². The maximum absolute atomic E-state index is 11.6. The number of rotatable bonds is 5. The van der Waals surface area contributed by atoms with Crippen LogP contribution in [0.3, 0.4) is 0 Å². The summed E-state index contributed by atoms with van der Waals surface area (Å²) in [5.74, 6) is 1.71. The number of ether oxygens (including phenoxy) is 1. The van der Waals surface area contributed by atoms with Crippen molar-refractivity contribution in [3.63, 3.8) is 0 Å². The van der Waals surface area contributed by atoms with Gasteiger partial charge in [0, 0.05) is 27.2 Å². The summed E-state index contributed by atoms with van der Waals surface area (Å²) in [5.41, 5.74) is 1.39. The third-order valence-corrected chi connectivity index (χ3v) is 3.91. The zero-order valence-electron chi connectivity index (χ0n) is 13.3. The van der Waals surface area contributed by atoms with Gasteiger partial charge in [-0.05, 0) is 36.5 Å². The number of benzene rings is 1. The summed E-state index contributed by atoms with van der Waals surface area (Å²) in [7, 11) is 3.75. The number of carbonyl (C=O) groups excluding carboxylic acids is 1. The largest absolute Gasteiger partial charge is 0.452 e. The zero-order valence-corrected chi connectivity index (χ0v) is 13.3. The first-order valence-electron chi connectivity index (χ1n) is 7.73. The summed E-state index contributed by atoms with van der Waals surface area (Å²) in [6.07, 6.45) is 8.33. The van der Waals surface area contributed by atoms with E-state index in [1.165, 1.54) is 44.6 Å². The van der Waals surface area contributed by atoms with Gasteiger partial charge in [-0.3, -0.25) is 4.79 Å². The van der Waals surface area contributed by atoms with Gasteiger partial charge in [0.25, 0.3) is 0 Å². The van der Waals surface area contributed by atoms with Crippen LogP contribution in [-0.4, -0.2) is 24.8 Å². The number of allylic oxidation sites excluding steroid dienone is 1. The first-order chi connectivity index (χ1) is 10.1. The van der Waals surface area contributed by atoms with E-state index >= 15 is 0 Å². The molecule has 0 amide bonds. The van der Waals surface area contributed by atoms with Gasteiger partial charge in [0.05, 0.1) is 0 Å². The number of hydrogen-bond acceptors (Lipinski definition) is 3. The molecular formula is C18H25NO2. The summed E-state index contributed by atoms with van der Waals surface area (Å²) in [4.78, 5) is 13.4. The van der Waals surface area contributed by atoms with Crippen LogP contribution in [0.25, 0.3) is 0 Å². The molecule has 1 aliphatic carbocycles. The molecule has 0 radical (unpaired) electrons. The van der Waals surface area contributed by atoms with Crippen LogP contribution in [-0.2, 0) is 4.79 Å². The molecule has 0 aliphatic heterocycles. The molecule has 0 spiro atoms. The molecule has 0 aromatic heterocycles. The van der Waals surface area contributed by atoms with Crippen LogP contribution in [0.15, 0.2) is 36.2 Å². The van der Waals surface area contributed by atoms with Gasteiger partial charge in [0.1, 0.15) is 5.75 Å². The van der Waals surface area contributed by atoms with E-state index in [1.54, 1.807) is 6.20 Å². The molecule has 2 rings (SSSR count). The Morgan fingerprint density at radius 1 is 1.14 bits per heavy atom. The number of carbonyl (C=O) groups is 1. The number of nitrogens with zero attached hydrogens (tertiary/aromatic N) is 1. The Bertz CT molecular complexity index is 496. The lowest BCUT2D eigenvalue weighted by molar-refractivity contribution is -0.115. The van der Waals surface area contributed by atoms with Crippen LogP contribution < -0.4 is 4.74 Å². The predicted octanol–water partition coefficient (Wildman–Crippen LogP) is 4.11. The molecule has 0 N–H and O–H groups in total. The minimum Gasteiger partial charge on any atom is -0.452 e. The van der Waals surface area contributed by atoms with Gasteiger partial charge in [-0.25, -0.2) is 0 Å². The summed E-state index contributed by atoms with van der Waals surface area (Å²) in [6, 6.07) is 8.21. The molecular weight excluding hydrogens is 262 g/mol. The fourth-order valence-electron chi connectivity index (χ4n) is 2.79. The highest BCUT2D eigenvalue weighted by Gasteiger charge is 2.15. The van der Waals surface area contributed by atoms with E-state index in [4.69, 9.17) is 4.74 Å². The Kier molecular flexibility index (Phi) is 5.43. The first-order valence-corrected chi connectivity index (χ1v) is 7.73. The van der Waals surface area contributed by atoms with E-state index in [-0.39, 0.29) is 5.78 Å². The highest BCUT2D eigenvalue weighted by atomic mass is 16.5. The lowest BCUT2D eigenvalue weighted by atomic mass is 9.84. The minimum atomic E-state index is -0.0694. The summed E-state index contributed by atoms with van der Waals surface area (Å²) >= 11 is 0. The molecule has 0 heterocycles. The summed E-state index contributed by atoms with van der Waals surface area (Å²) in [6.45, 7) is 1.52. The monoisotopic (exact) mass is 287 g/mol. The Labute approximate surface area is 127 Å². The summed E-state index contributed by atoms with van der Waals surface area (Å²) in [5, 5.41) is 0. The number of Topliss-reactive ketones (excluding diaryl/α,β-unsaturated/α-hetero) is 1. The minimum absolute atomic E-state index is 0.0694. The summed E-state index contributed by atoms with van der Waals surface area (Å²) < 4.78 is 5.70. The van der Waals surface area contributed by atoms with Crippen LogP contribution in [0.4, 0.5) is 0 Å². The normalized spacial score (nSPS) is 16.6. The second-order valence-electron chi connectivity index (χ2n) is 6.02. The zero-order chi connectivity index (χ0) is 15.2.